The lowest BCUT2D eigenvalue weighted by Crippen LogP contribution is -2.22. The van der Waals surface area contributed by atoms with Crippen LogP contribution in [0, 0.1) is 6.92 Å². The van der Waals surface area contributed by atoms with Crippen molar-refractivity contribution >= 4 is 35.0 Å². The molecule has 0 fully saturated rings. The summed E-state index contributed by atoms with van der Waals surface area (Å²) in [7, 11) is 0. The summed E-state index contributed by atoms with van der Waals surface area (Å²) in [4.78, 5) is 28.7. The number of anilines is 1. The second kappa shape index (κ2) is 8.28. The first-order chi connectivity index (χ1) is 12.9. The lowest BCUT2D eigenvalue weighted by molar-refractivity contribution is -0.113. The van der Waals surface area contributed by atoms with E-state index >= 15 is 0 Å². The van der Waals surface area contributed by atoms with Gasteiger partial charge in [0.15, 0.2) is 5.16 Å². The van der Waals surface area contributed by atoms with Crippen LogP contribution in [0.2, 0.25) is 5.02 Å². The number of thioether (sulfide) groups is 1. The van der Waals surface area contributed by atoms with Crippen LogP contribution in [0.5, 0.6) is 5.88 Å². The summed E-state index contributed by atoms with van der Waals surface area (Å²) in [6.07, 6.45) is 0. The third-order valence-electron chi connectivity index (χ3n) is 3.69. The average molecular weight is 402 g/mol. The number of nitrogens with zero attached hydrogens (tertiary/aromatic N) is 2. The second-order valence-electron chi connectivity index (χ2n) is 5.70. The molecule has 1 amide bonds. The van der Waals surface area contributed by atoms with Gasteiger partial charge < -0.3 is 10.4 Å². The van der Waals surface area contributed by atoms with Gasteiger partial charge >= 0.3 is 0 Å². The highest BCUT2D eigenvalue weighted by atomic mass is 35.5. The first-order valence-corrected chi connectivity index (χ1v) is 9.37. The van der Waals surface area contributed by atoms with Gasteiger partial charge in [0.25, 0.3) is 5.56 Å². The first-order valence-electron chi connectivity index (χ1n) is 8.01. The normalized spacial score (nSPS) is 10.6. The van der Waals surface area contributed by atoms with Crippen molar-refractivity contribution < 1.29 is 9.90 Å². The Morgan fingerprint density at radius 1 is 1.22 bits per heavy atom. The van der Waals surface area contributed by atoms with Gasteiger partial charge in [0, 0.05) is 10.7 Å². The van der Waals surface area contributed by atoms with Gasteiger partial charge in [0.05, 0.1) is 17.5 Å². The zero-order valence-electron chi connectivity index (χ0n) is 14.3. The number of nitrogens with one attached hydrogen (secondary N) is 1. The predicted molar refractivity (Wildman–Crippen MR) is 107 cm³/mol. The van der Waals surface area contributed by atoms with Gasteiger partial charge in [-0.1, -0.05) is 41.6 Å². The molecule has 0 atom stereocenters. The third kappa shape index (κ3) is 4.69. The van der Waals surface area contributed by atoms with E-state index in [0.29, 0.717) is 16.4 Å². The lowest BCUT2D eigenvalue weighted by atomic mass is 10.2. The van der Waals surface area contributed by atoms with E-state index in [-0.39, 0.29) is 22.7 Å². The molecular formula is C19H16ClN3O3S. The Bertz CT molecular complexity index is 1040. The molecule has 2 aromatic carbocycles. The van der Waals surface area contributed by atoms with Crippen LogP contribution in [0.1, 0.15) is 5.56 Å². The zero-order valence-corrected chi connectivity index (χ0v) is 15.9. The maximum Gasteiger partial charge on any atom is 0.262 e. The third-order valence-corrected chi connectivity index (χ3v) is 4.88. The van der Waals surface area contributed by atoms with Gasteiger partial charge in [-0.3, -0.25) is 14.2 Å². The number of rotatable bonds is 5. The van der Waals surface area contributed by atoms with Gasteiger partial charge in [-0.15, -0.1) is 0 Å². The van der Waals surface area contributed by atoms with E-state index in [1.54, 1.807) is 30.3 Å². The number of hydrogen-bond acceptors (Lipinski definition) is 5. The Hall–Kier alpha value is -2.77. The molecule has 0 aliphatic carbocycles. The SMILES string of the molecule is Cc1ccccc1-n1c(SCC(=O)Nc2ccc(Cl)cc2)nc(O)cc1=O. The predicted octanol–water partition coefficient (Wildman–Crippen LogP) is 3.63. The van der Waals surface area contributed by atoms with E-state index in [1.807, 2.05) is 25.1 Å². The number of aromatic hydroxyl groups is 1. The summed E-state index contributed by atoms with van der Waals surface area (Å²) in [6.45, 7) is 1.87. The van der Waals surface area contributed by atoms with Crippen molar-refractivity contribution in [2.75, 3.05) is 11.1 Å². The fourth-order valence-corrected chi connectivity index (χ4v) is 3.38. The number of aromatic nitrogens is 2. The Morgan fingerprint density at radius 3 is 2.63 bits per heavy atom. The summed E-state index contributed by atoms with van der Waals surface area (Å²) in [6, 6.07) is 15.1. The van der Waals surface area contributed by atoms with Crippen molar-refractivity contribution in [3.63, 3.8) is 0 Å². The summed E-state index contributed by atoms with van der Waals surface area (Å²) in [5.74, 6) is -0.633. The molecule has 1 heterocycles. The molecule has 0 aliphatic heterocycles. The van der Waals surface area contributed by atoms with Crippen LogP contribution in [0.4, 0.5) is 5.69 Å². The maximum absolute atomic E-state index is 12.4. The molecule has 0 saturated heterocycles. The zero-order chi connectivity index (χ0) is 19.4. The van der Waals surface area contributed by atoms with Crippen molar-refractivity contribution in [3.8, 4) is 11.6 Å². The molecule has 0 radical (unpaired) electrons. The van der Waals surface area contributed by atoms with E-state index in [2.05, 4.69) is 10.3 Å². The quantitative estimate of drug-likeness (QED) is 0.503. The number of amides is 1. The topological polar surface area (TPSA) is 84.2 Å². The highest BCUT2D eigenvalue weighted by Gasteiger charge is 2.14. The van der Waals surface area contributed by atoms with E-state index in [1.165, 1.54) is 4.57 Å². The van der Waals surface area contributed by atoms with Crippen molar-refractivity contribution in [2.45, 2.75) is 12.1 Å². The lowest BCUT2D eigenvalue weighted by Gasteiger charge is -2.13. The van der Waals surface area contributed by atoms with Gasteiger partial charge in [-0.25, -0.2) is 0 Å². The molecular weight excluding hydrogens is 386 g/mol. The van der Waals surface area contributed by atoms with Crippen molar-refractivity contribution in [1.29, 1.82) is 0 Å². The summed E-state index contributed by atoms with van der Waals surface area (Å²) in [5, 5.41) is 13.3. The first kappa shape index (κ1) is 19.0. The van der Waals surface area contributed by atoms with Crippen LogP contribution in [-0.4, -0.2) is 26.3 Å². The molecule has 1 aromatic heterocycles. The number of hydrogen-bond donors (Lipinski definition) is 2. The minimum Gasteiger partial charge on any atom is -0.493 e. The molecule has 0 bridgehead atoms. The highest BCUT2D eigenvalue weighted by Crippen LogP contribution is 2.22. The van der Waals surface area contributed by atoms with Crippen molar-refractivity contribution in [2.24, 2.45) is 0 Å². The molecule has 138 valence electrons. The minimum atomic E-state index is -0.419. The Labute approximate surface area is 164 Å². The molecule has 27 heavy (non-hydrogen) atoms. The number of para-hydroxylation sites is 1. The summed E-state index contributed by atoms with van der Waals surface area (Å²) in [5.41, 5.74) is 1.72. The standard InChI is InChI=1S/C19H16ClN3O3S/c1-12-4-2-3-5-15(12)23-18(26)10-16(24)22-19(23)27-11-17(25)21-14-8-6-13(20)7-9-14/h2-10,24H,11H2,1H3,(H,21,25). The summed E-state index contributed by atoms with van der Waals surface area (Å²) < 4.78 is 1.38. The Morgan fingerprint density at radius 2 is 1.93 bits per heavy atom. The number of benzene rings is 2. The molecule has 0 aliphatic rings. The van der Waals surface area contributed by atoms with E-state index in [9.17, 15) is 14.7 Å². The number of halogens is 1. The van der Waals surface area contributed by atoms with Crippen LogP contribution >= 0.6 is 23.4 Å². The molecule has 2 N–H and O–H groups in total. The molecule has 0 saturated carbocycles. The van der Waals surface area contributed by atoms with Crippen LogP contribution in [0.3, 0.4) is 0 Å². The van der Waals surface area contributed by atoms with Crippen molar-refractivity contribution in [1.82, 2.24) is 9.55 Å². The summed E-state index contributed by atoms with van der Waals surface area (Å²) >= 11 is 6.89. The van der Waals surface area contributed by atoms with Gasteiger partial charge in [-0.05, 0) is 42.8 Å². The minimum absolute atomic E-state index is 0.0183. The Balaban J connectivity index is 1.82. The maximum atomic E-state index is 12.4. The molecule has 0 unspecified atom stereocenters. The van der Waals surface area contributed by atoms with Crippen LogP contribution < -0.4 is 10.9 Å². The van der Waals surface area contributed by atoms with Gasteiger partial charge in [0.1, 0.15) is 0 Å². The molecule has 6 nitrogen and oxygen atoms in total. The molecule has 0 spiro atoms. The second-order valence-corrected chi connectivity index (χ2v) is 7.08. The van der Waals surface area contributed by atoms with E-state index < -0.39 is 5.56 Å². The number of aryl methyl sites for hydroxylation is 1. The van der Waals surface area contributed by atoms with E-state index in [0.717, 1.165) is 23.4 Å². The van der Waals surface area contributed by atoms with E-state index in [4.69, 9.17) is 11.6 Å². The average Bonchev–Trinajstić information content (AvgIpc) is 2.63. The smallest absolute Gasteiger partial charge is 0.262 e. The fraction of sp³-hybridized carbons (Fsp3) is 0.105. The monoisotopic (exact) mass is 401 g/mol. The number of carbonyl (C=O) groups excluding carboxylic acids is 1. The molecule has 3 aromatic rings. The fourth-order valence-electron chi connectivity index (χ4n) is 2.44. The number of carbonyl (C=O) groups is 1. The molecule has 8 heteroatoms. The highest BCUT2D eigenvalue weighted by molar-refractivity contribution is 7.99. The van der Waals surface area contributed by atoms with Gasteiger partial charge in [0.2, 0.25) is 11.8 Å². The van der Waals surface area contributed by atoms with Gasteiger partial charge in [-0.2, -0.15) is 4.98 Å². The van der Waals surface area contributed by atoms with Crippen LogP contribution in [0.25, 0.3) is 5.69 Å². The Kier molecular flexibility index (Phi) is 5.83. The molecule has 3 rings (SSSR count). The van der Waals surface area contributed by atoms with Crippen LogP contribution in [-0.2, 0) is 4.79 Å². The largest absolute Gasteiger partial charge is 0.493 e. The van der Waals surface area contributed by atoms with Crippen LogP contribution in [0.15, 0.2) is 64.5 Å². The van der Waals surface area contributed by atoms with Crippen molar-refractivity contribution in [3.05, 3.63) is 75.5 Å².